The van der Waals surface area contributed by atoms with Crippen molar-refractivity contribution < 1.29 is 18.0 Å². The minimum absolute atomic E-state index is 0.0810. The lowest BCUT2D eigenvalue weighted by Gasteiger charge is -2.33. The van der Waals surface area contributed by atoms with Crippen LogP contribution < -0.4 is 0 Å². The number of hydrogen-bond donors (Lipinski definition) is 0. The molecule has 0 N–H and O–H groups in total. The van der Waals surface area contributed by atoms with Crippen molar-refractivity contribution in [3.05, 3.63) is 35.4 Å². The quantitative estimate of drug-likeness (QED) is 0.724. The summed E-state index contributed by atoms with van der Waals surface area (Å²) in [6, 6.07) is 6.40. The van der Waals surface area contributed by atoms with E-state index in [4.69, 9.17) is 6.42 Å². The summed E-state index contributed by atoms with van der Waals surface area (Å²) in [4.78, 5) is 13.5. The minimum atomic E-state index is -4.25. The van der Waals surface area contributed by atoms with Gasteiger partial charge >= 0.3 is 6.18 Å². The van der Waals surface area contributed by atoms with E-state index in [-0.39, 0.29) is 13.0 Å². The van der Waals surface area contributed by atoms with E-state index >= 15 is 0 Å². The van der Waals surface area contributed by atoms with E-state index in [1.54, 1.807) is 18.2 Å². The smallest absolute Gasteiger partial charge is 0.338 e. The van der Waals surface area contributed by atoms with Crippen LogP contribution >= 0.6 is 0 Å². The molecule has 0 radical (unpaired) electrons. The SMILES string of the molecule is C#Cc1cccc(C(=O)N2CCCC(C(F)(F)F)C2)c1. The number of rotatable bonds is 1. The third-order valence-electron chi connectivity index (χ3n) is 3.45. The van der Waals surface area contributed by atoms with Crippen molar-refractivity contribution in [2.45, 2.75) is 19.0 Å². The Kier molecular flexibility index (Phi) is 4.03. The van der Waals surface area contributed by atoms with Gasteiger partial charge in [0, 0.05) is 24.2 Å². The Morgan fingerprint density at radius 3 is 2.80 bits per heavy atom. The van der Waals surface area contributed by atoms with Crippen molar-refractivity contribution in [2.75, 3.05) is 13.1 Å². The lowest BCUT2D eigenvalue weighted by atomic mass is 9.96. The number of benzene rings is 1. The molecule has 0 aliphatic carbocycles. The summed E-state index contributed by atoms with van der Waals surface area (Å²) in [5.74, 6) is 0.581. The molecule has 1 fully saturated rings. The zero-order valence-electron chi connectivity index (χ0n) is 10.8. The van der Waals surface area contributed by atoms with Crippen LogP contribution in [-0.4, -0.2) is 30.1 Å². The van der Waals surface area contributed by atoms with Gasteiger partial charge in [0.15, 0.2) is 0 Å². The molecule has 0 bridgehead atoms. The fourth-order valence-corrected chi connectivity index (χ4v) is 2.35. The summed E-state index contributed by atoms with van der Waals surface area (Å²) >= 11 is 0. The molecule has 1 heterocycles. The number of carbonyl (C=O) groups is 1. The van der Waals surface area contributed by atoms with Crippen LogP contribution in [0.1, 0.15) is 28.8 Å². The maximum absolute atomic E-state index is 12.7. The van der Waals surface area contributed by atoms with Gasteiger partial charge in [-0.05, 0) is 31.0 Å². The molecular formula is C15H14F3NO. The molecular weight excluding hydrogens is 267 g/mol. The van der Waals surface area contributed by atoms with Crippen molar-refractivity contribution >= 4 is 5.91 Å². The highest BCUT2D eigenvalue weighted by Gasteiger charge is 2.42. The normalized spacial score (nSPS) is 19.5. The predicted molar refractivity (Wildman–Crippen MR) is 69.1 cm³/mol. The average molecular weight is 281 g/mol. The number of amides is 1. The van der Waals surface area contributed by atoms with Gasteiger partial charge in [0.05, 0.1) is 5.92 Å². The van der Waals surface area contributed by atoms with E-state index < -0.39 is 18.0 Å². The van der Waals surface area contributed by atoms with E-state index in [1.165, 1.54) is 11.0 Å². The van der Waals surface area contributed by atoms with Gasteiger partial charge < -0.3 is 4.90 Å². The molecule has 106 valence electrons. The third kappa shape index (κ3) is 3.13. The van der Waals surface area contributed by atoms with Crippen molar-refractivity contribution in [1.29, 1.82) is 0 Å². The first-order valence-corrected chi connectivity index (χ1v) is 6.34. The summed E-state index contributed by atoms with van der Waals surface area (Å²) in [6.07, 6.45) is 1.45. The fourth-order valence-electron chi connectivity index (χ4n) is 2.35. The van der Waals surface area contributed by atoms with Gasteiger partial charge in [-0.3, -0.25) is 4.79 Å². The Morgan fingerprint density at radius 1 is 1.40 bits per heavy atom. The van der Waals surface area contributed by atoms with Crippen LogP contribution in [-0.2, 0) is 0 Å². The Balaban J connectivity index is 2.14. The highest BCUT2D eigenvalue weighted by atomic mass is 19.4. The summed E-state index contributed by atoms with van der Waals surface area (Å²) in [5, 5.41) is 0. The Bertz CT molecular complexity index is 545. The monoisotopic (exact) mass is 281 g/mol. The topological polar surface area (TPSA) is 20.3 Å². The molecule has 1 amide bonds. The fraction of sp³-hybridized carbons (Fsp3) is 0.400. The molecule has 5 heteroatoms. The second kappa shape index (κ2) is 5.58. The van der Waals surface area contributed by atoms with E-state index in [2.05, 4.69) is 5.92 Å². The van der Waals surface area contributed by atoms with Crippen LogP contribution in [0.2, 0.25) is 0 Å². The molecule has 2 rings (SSSR count). The van der Waals surface area contributed by atoms with Gasteiger partial charge in [-0.1, -0.05) is 12.0 Å². The molecule has 0 aromatic heterocycles. The van der Waals surface area contributed by atoms with E-state index in [9.17, 15) is 18.0 Å². The molecule has 1 atom stereocenters. The van der Waals surface area contributed by atoms with E-state index in [0.717, 1.165) is 0 Å². The number of halogens is 3. The van der Waals surface area contributed by atoms with Crippen molar-refractivity contribution in [3.63, 3.8) is 0 Å². The number of nitrogens with zero attached hydrogens (tertiary/aromatic N) is 1. The van der Waals surface area contributed by atoms with Crippen LogP contribution in [0.4, 0.5) is 13.2 Å². The summed E-state index contributed by atoms with van der Waals surface area (Å²) in [5.41, 5.74) is 0.878. The second-order valence-electron chi connectivity index (χ2n) is 4.86. The maximum Gasteiger partial charge on any atom is 0.393 e. The molecule has 1 aromatic carbocycles. The molecule has 1 aromatic rings. The number of likely N-dealkylation sites (tertiary alicyclic amines) is 1. The molecule has 0 spiro atoms. The Labute approximate surface area is 115 Å². The average Bonchev–Trinajstić information content (AvgIpc) is 2.46. The summed E-state index contributed by atoms with van der Waals surface area (Å²) < 4.78 is 38.2. The molecule has 20 heavy (non-hydrogen) atoms. The molecule has 1 aliphatic heterocycles. The maximum atomic E-state index is 12.7. The number of piperidine rings is 1. The van der Waals surface area contributed by atoms with Gasteiger partial charge in [0.25, 0.3) is 5.91 Å². The second-order valence-corrected chi connectivity index (χ2v) is 4.86. The number of hydrogen-bond acceptors (Lipinski definition) is 1. The standard InChI is InChI=1S/C15H14F3NO/c1-2-11-5-3-6-12(9-11)14(20)19-8-4-7-13(10-19)15(16,17)18/h1,3,5-6,9,13H,4,7-8,10H2. The summed E-state index contributed by atoms with van der Waals surface area (Å²) in [6.45, 7) is 0.0777. The highest BCUT2D eigenvalue weighted by molar-refractivity contribution is 5.94. The lowest BCUT2D eigenvalue weighted by Crippen LogP contribution is -2.44. The zero-order chi connectivity index (χ0) is 14.8. The first kappa shape index (κ1) is 14.4. The third-order valence-corrected chi connectivity index (χ3v) is 3.45. The van der Waals surface area contributed by atoms with Crippen molar-refractivity contribution in [2.24, 2.45) is 5.92 Å². The van der Waals surface area contributed by atoms with Crippen LogP contribution in [0.3, 0.4) is 0 Å². The van der Waals surface area contributed by atoms with E-state index in [0.29, 0.717) is 24.1 Å². The lowest BCUT2D eigenvalue weighted by molar-refractivity contribution is -0.184. The van der Waals surface area contributed by atoms with Gasteiger partial charge in [0.1, 0.15) is 0 Å². The molecule has 1 saturated heterocycles. The van der Waals surface area contributed by atoms with Crippen LogP contribution in [0, 0.1) is 18.3 Å². The van der Waals surface area contributed by atoms with Gasteiger partial charge in [-0.25, -0.2) is 0 Å². The first-order valence-electron chi connectivity index (χ1n) is 6.34. The predicted octanol–water partition coefficient (Wildman–Crippen LogP) is 3.08. The summed E-state index contributed by atoms with van der Waals surface area (Å²) in [7, 11) is 0. The van der Waals surface area contributed by atoms with Gasteiger partial charge in [0.2, 0.25) is 0 Å². The molecule has 2 nitrogen and oxygen atoms in total. The minimum Gasteiger partial charge on any atom is -0.338 e. The van der Waals surface area contributed by atoms with E-state index in [1.807, 2.05) is 0 Å². The molecule has 1 unspecified atom stereocenters. The Hall–Kier alpha value is -1.96. The number of terminal acetylenes is 1. The van der Waals surface area contributed by atoms with Gasteiger partial charge in [-0.2, -0.15) is 13.2 Å². The highest BCUT2D eigenvalue weighted by Crippen LogP contribution is 2.33. The van der Waals surface area contributed by atoms with Gasteiger partial charge in [-0.15, -0.1) is 6.42 Å². The molecule has 0 saturated carbocycles. The first-order chi connectivity index (χ1) is 9.41. The van der Waals surface area contributed by atoms with Crippen molar-refractivity contribution in [3.8, 4) is 12.3 Å². The van der Waals surface area contributed by atoms with Crippen LogP contribution in [0.15, 0.2) is 24.3 Å². The van der Waals surface area contributed by atoms with Crippen LogP contribution in [0.25, 0.3) is 0 Å². The van der Waals surface area contributed by atoms with Crippen LogP contribution in [0.5, 0.6) is 0 Å². The zero-order valence-corrected chi connectivity index (χ0v) is 10.8. The Morgan fingerprint density at radius 2 is 2.15 bits per heavy atom. The van der Waals surface area contributed by atoms with Crippen molar-refractivity contribution in [1.82, 2.24) is 4.90 Å². The number of alkyl halides is 3. The molecule has 1 aliphatic rings. The number of carbonyl (C=O) groups excluding carboxylic acids is 1. The largest absolute Gasteiger partial charge is 0.393 e.